The van der Waals surface area contributed by atoms with Crippen LogP contribution >= 0.6 is 11.3 Å². The molecular weight excluding hydrogens is 300 g/mol. The molecule has 0 unspecified atom stereocenters. The maximum absolute atomic E-state index is 12.3. The summed E-state index contributed by atoms with van der Waals surface area (Å²) in [4.78, 5) is 14.4. The summed E-state index contributed by atoms with van der Waals surface area (Å²) < 4.78 is 16.0. The molecule has 0 N–H and O–H groups in total. The minimum absolute atomic E-state index is 0.00140. The topological polar surface area (TPSA) is 44.8 Å². The number of ether oxygens (including phenoxy) is 3. The maximum atomic E-state index is 12.3. The Kier molecular flexibility index (Phi) is 3.90. The van der Waals surface area contributed by atoms with Crippen molar-refractivity contribution in [3.63, 3.8) is 0 Å². The fourth-order valence-electron chi connectivity index (χ4n) is 2.38. The first-order valence-corrected chi connectivity index (χ1v) is 7.67. The summed E-state index contributed by atoms with van der Waals surface area (Å²) in [6.45, 7) is 4.15. The van der Waals surface area contributed by atoms with Gasteiger partial charge in [-0.25, -0.2) is 0 Å². The Bertz CT molecular complexity index is 758. The number of thiophene rings is 1. The number of benzene rings is 1. The lowest BCUT2D eigenvalue weighted by Gasteiger charge is -2.05. The summed E-state index contributed by atoms with van der Waals surface area (Å²) in [7, 11) is 1.58. The van der Waals surface area contributed by atoms with Crippen molar-refractivity contribution in [2.24, 2.45) is 0 Å². The lowest BCUT2D eigenvalue weighted by molar-refractivity contribution is 0.104. The van der Waals surface area contributed by atoms with Crippen LogP contribution in [0.15, 0.2) is 24.3 Å². The van der Waals surface area contributed by atoms with E-state index in [9.17, 15) is 4.79 Å². The monoisotopic (exact) mass is 316 g/mol. The second-order valence-electron chi connectivity index (χ2n) is 4.98. The highest BCUT2D eigenvalue weighted by atomic mass is 32.1. The van der Waals surface area contributed by atoms with Crippen molar-refractivity contribution < 1.29 is 19.0 Å². The first kappa shape index (κ1) is 14.7. The highest BCUT2D eigenvalue weighted by molar-refractivity contribution is 7.12. The molecule has 0 radical (unpaired) electrons. The first-order chi connectivity index (χ1) is 10.6. The van der Waals surface area contributed by atoms with E-state index in [1.54, 1.807) is 30.6 Å². The fraction of sp³-hybridized carbons (Fsp3) is 0.235. The van der Waals surface area contributed by atoms with E-state index >= 15 is 0 Å². The number of allylic oxidation sites excluding steroid dienone is 1. The van der Waals surface area contributed by atoms with Crippen LogP contribution in [0.5, 0.6) is 17.2 Å². The lowest BCUT2D eigenvalue weighted by atomic mass is 10.1. The van der Waals surface area contributed by atoms with Crippen LogP contribution in [0.3, 0.4) is 0 Å². The summed E-state index contributed by atoms with van der Waals surface area (Å²) >= 11 is 1.63. The molecule has 0 aliphatic carbocycles. The zero-order chi connectivity index (χ0) is 15.7. The zero-order valence-corrected chi connectivity index (χ0v) is 13.5. The number of ketones is 1. The molecule has 5 heteroatoms. The Morgan fingerprint density at radius 3 is 2.77 bits per heavy atom. The van der Waals surface area contributed by atoms with E-state index in [2.05, 4.69) is 0 Å². The molecule has 0 spiro atoms. The summed E-state index contributed by atoms with van der Waals surface area (Å²) in [6.07, 6.45) is 3.34. The molecule has 1 aliphatic rings. The predicted molar refractivity (Wildman–Crippen MR) is 86.3 cm³/mol. The maximum Gasteiger partial charge on any atom is 0.231 e. The highest BCUT2D eigenvalue weighted by Gasteiger charge is 2.19. The first-order valence-electron chi connectivity index (χ1n) is 6.85. The normalized spacial score (nSPS) is 12.9. The van der Waals surface area contributed by atoms with Crippen molar-refractivity contribution in [3.8, 4) is 17.2 Å². The third kappa shape index (κ3) is 2.72. The second kappa shape index (κ2) is 5.85. The van der Waals surface area contributed by atoms with Crippen molar-refractivity contribution in [2.75, 3.05) is 13.9 Å². The van der Waals surface area contributed by atoms with Crippen LogP contribution in [0.25, 0.3) is 6.08 Å². The molecule has 3 rings (SSSR count). The van der Waals surface area contributed by atoms with Crippen molar-refractivity contribution >= 4 is 23.2 Å². The van der Waals surface area contributed by atoms with Gasteiger partial charge in [0.2, 0.25) is 12.5 Å². The van der Waals surface area contributed by atoms with Crippen LogP contribution < -0.4 is 14.2 Å². The van der Waals surface area contributed by atoms with Crippen molar-refractivity contribution in [3.05, 3.63) is 45.2 Å². The van der Waals surface area contributed by atoms with Crippen LogP contribution in [-0.4, -0.2) is 19.7 Å². The van der Waals surface area contributed by atoms with Gasteiger partial charge in [-0.15, -0.1) is 11.3 Å². The molecule has 0 atom stereocenters. The lowest BCUT2D eigenvalue weighted by Crippen LogP contribution is -1.94. The summed E-state index contributed by atoms with van der Waals surface area (Å²) in [6, 6.07) is 5.58. The molecule has 1 aromatic carbocycles. The number of rotatable bonds is 4. The van der Waals surface area contributed by atoms with E-state index in [0.717, 1.165) is 20.9 Å². The minimum atomic E-state index is -0.00140. The Morgan fingerprint density at radius 1 is 1.27 bits per heavy atom. The van der Waals surface area contributed by atoms with E-state index in [1.165, 1.54) is 0 Å². The molecule has 0 bridgehead atoms. The standard InChI is InChI=1S/C17H16O4S/c1-10-6-13(11(2)22-10)14(18)5-4-12-7-15(19-3)17-16(8-12)20-9-21-17/h4-8H,9H2,1-3H3/b5-4+. The smallest absolute Gasteiger partial charge is 0.231 e. The van der Waals surface area contributed by atoms with Crippen LogP contribution in [-0.2, 0) is 0 Å². The van der Waals surface area contributed by atoms with Crippen molar-refractivity contribution in [1.29, 1.82) is 0 Å². The van der Waals surface area contributed by atoms with Gasteiger partial charge in [-0.05, 0) is 43.7 Å². The third-order valence-electron chi connectivity index (χ3n) is 3.41. The summed E-state index contributed by atoms with van der Waals surface area (Å²) in [5.74, 6) is 1.84. The molecule has 0 saturated heterocycles. The fourth-order valence-corrected chi connectivity index (χ4v) is 3.31. The Labute approximate surface area is 132 Å². The number of hydrogen-bond acceptors (Lipinski definition) is 5. The second-order valence-corrected chi connectivity index (χ2v) is 6.44. The Hall–Kier alpha value is -2.27. The molecule has 2 aromatic rings. The van der Waals surface area contributed by atoms with Gasteiger partial charge in [0.15, 0.2) is 17.3 Å². The number of carbonyl (C=O) groups is 1. The third-order valence-corrected chi connectivity index (χ3v) is 4.38. The van der Waals surface area contributed by atoms with Crippen LogP contribution in [0.1, 0.15) is 25.7 Å². The van der Waals surface area contributed by atoms with Crippen LogP contribution in [0.4, 0.5) is 0 Å². The molecule has 2 heterocycles. The van der Waals surface area contributed by atoms with Gasteiger partial charge in [0, 0.05) is 15.3 Å². The number of hydrogen-bond donors (Lipinski definition) is 0. The van der Waals surface area contributed by atoms with Gasteiger partial charge < -0.3 is 14.2 Å². The van der Waals surface area contributed by atoms with Crippen molar-refractivity contribution in [2.45, 2.75) is 13.8 Å². The van der Waals surface area contributed by atoms with Gasteiger partial charge >= 0.3 is 0 Å². The van der Waals surface area contributed by atoms with E-state index in [4.69, 9.17) is 14.2 Å². The SMILES string of the molecule is COc1cc(/C=C/C(=O)c2cc(C)sc2C)cc2c1OCO2. The summed E-state index contributed by atoms with van der Waals surface area (Å²) in [5, 5.41) is 0. The molecule has 0 saturated carbocycles. The van der Waals surface area contributed by atoms with Gasteiger partial charge in [0.1, 0.15) is 0 Å². The molecular formula is C17H16O4S. The van der Waals surface area contributed by atoms with E-state index in [1.807, 2.05) is 32.0 Å². The van der Waals surface area contributed by atoms with Gasteiger partial charge in [0.05, 0.1) is 7.11 Å². The van der Waals surface area contributed by atoms with E-state index in [0.29, 0.717) is 17.2 Å². The minimum Gasteiger partial charge on any atom is -0.493 e. The highest BCUT2D eigenvalue weighted by Crippen LogP contribution is 2.42. The van der Waals surface area contributed by atoms with Gasteiger partial charge in [-0.2, -0.15) is 0 Å². The Morgan fingerprint density at radius 2 is 2.09 bits per heavy atom. The predicted octanol–water partition coefficient (Wildman–Crippen LogP) is 4.00. The number of methoxy groups -OCH3 is 1. The Balaban J connectivity index is 1.87. The number of carbonyl (C=O) groups excluding carboxylic acids is 1. The van der Waals surface area contributed by atoms with Gasteiger partial charge in [-0.1, -0.05) is 6.08 Å². The van der Waals surface area contributed by atoms with Crippen LogP contribution in [0.2, 0.25) is 0 Å². The number of aryl methyl sites for hydroxylation is 2. The quantitative estimate of drug-likeness (QED) is 0.632. The van der Waals surface area contributed by atoms with Gasteiger partial charge in [0.25, 0.3) is 0 Å². The van der Waals surface area contributed by atoms with E-state index in [-0.39, 0.29) is 12.6 Å². The average Bonchev–Trinajstić information content (AvgIpc) is 3.09. The summed E-state index contributed by atoms with van der Waals surface area (Å²) in [5.41, 5.74) is 1.59. The molecule has 4 nitrogen and oxygen atoms in total. The van der Waals surface area contributed by atoms with Crippen LogP contribution in [0, 0.1) is 13.8 Å². The number of fused-ring (bicyclic) bond motifs is 1. The molecule has 1 aliphatic heterocycles. The average molecular weight is 316 g/mol. The van der Waals surface area contributed by atoms with Gasteiger partial charge in [-0.3, -0.25) is 4.79 Å². The largest absolute Gasteiger partial charge is 0.493 e. The molecule has 114 valence electrons. The molecule has 22 heavy (non-hydrogen) atoms. The molecule has 0 amide bonds. The van der Waals surface area contributed by atoms with Crippen molar-refractivity contribution in [1.82, 2.24) is 0 Å². The van der Waals surface area contributed by atoms with E-state index < -0.39 is 0 Å². The zero-order valence-electron chi connectivity index (χ0n) is 12.6. The molecule has 1 aromatic heterocycles. The molecule has 0 fully saturated rings.